The first kappa shape index (κ1) is 17.7. The lowest BCUT2D eigenvalue weighted by atomic mass is 9.88. The van der Waals surface area contributed by atoms with Gasteiger partial charge in [-0.15, -0.1) is 0 Å². The number of carbonyl (C=O) groups excluding carboxylic acids is 1. The number of Topliss-reactive ketones (excluding diaryl/α,β-unsaturated/α-hetero) is 1. The van der Waals surface area contributed by atoms with Crippen LogP contribution in [-0.2, 0) is 0 Å². The molecule has 0 spiro atoms. The Morgan fingerprint density at radius 2 is 1.39 bits per heavy atom. The fourth-order valence-corrected chi connectivity index (χ4v) is 3.81. The summed E-state index contributed by atoms with van der Waals surface area (Å²) >= 11 is 0. The van der Waals surface area contributed by atoms with E-state index in [0.717, 1.165) is 22.3 Å². The van der Waals surface area contributed by atoms with Gasteiger partial charge in [0.1, 0.15) is 5.56 Å². The number of rotatable bonds is 5. The number of ether oxygens (including phenoxy) is 2. The van der Waals surface area contributed by atoms with E-state index in [9.17, 15) is 14.9 Å². The lowest BCUT2D eigenvalue weighted by Crippen LogP contribution is -2.14. The third kappa shape index (κ3) is 2.62. The van der Waals surface area contributed by atoms with Crippen molar-refractivity contribution in [2.24, 2.45) is 0 Å². The van der Waals surface area contributed by atoms with Gasteiger partial charge in [0.2, 0.25) is 0 Å². The van der Waals surface area contributed by atoms with Gasteiger partial charge in [-0.2, -0.15) is 0 Å². The van der Waals surface area contributed by atoms with Gasteiger partial charge in [0, 0.05) is 6.07 Å². The molecule has 0 N–H and O–H groups in total. The van der Waals surface area contributed by atoms with Gasteiger partial charge in [0.25, 0.3) is 5.69 Å². The zero-order chi connectivity index (χ0) is 19.8. The van der Waals surface area contributed by atoms with E-state index in [1.54, 1.807) is 0 Å². The molecule has 0 aromatic heterocycles. The Morgan fingerprint density at radius 1 is 0.893 bits per heavy atom. The van der Waals surface area contributed by atoms with Gasteiger partial charge in [0.05, 0.1) is 31.1 Å². The number of ketones is 1. The molecule has 1 aliphatic carbocycles. The summed E-state index contributed by atoms with van der Waals surface area (Å²) in [6, 6.07) is 17.9. The predicted molar refractivity (Wildman–Crippen MR) is 104 cm³/mol. The van der Waals surface area contributed by atoms with Crippen molar-refractivity contribution in [1.29, 1.82) is 0 Å². The molecule has 0 unspecified atom stereocenters. The van der Waals surface area contributed by atoms with Crippen molar-refractivity contribution in [1.82, 2.24) is 0 Å². The maximum Gasteiger partial charge on any atom is 0.284 e. The van der Waals surface area contributed by atoms with Crippen LogP contribution in [-0.4, -0.2) is 24.9 Å². The van der Waals surface area contributed by atoms with E-state index in [1.165, 1.54) is 26.4 Å². The number of methoxy groups -OCH3 is 2. The molecule has 0 radical (unpaired) electrons. The second-order valence-electron chi connectivity index (χ2n) is 6.45. The Balaban J connectivity index is 1.92. The highest BCUT2D eigenvalue weighted by Gasteiger charge is 2.37. The van der Waals surface area contributed by atoms with Crippen LogP contribution in [0.1, 0.15) is 27.4 Å². The molecule has 0 fully saturated rings. The van der Waals surface area contributed by atoms with Crippen LogP contribution < -0.4 is 9.47 Å². The molecule has 0 saturated heterocycles. The smallest absolute Gasteiger partial charge is 0.284 e. The van der Waals surface area contributed by atoms with E-state index in [-0.39, 0.29) is 28.5 Å². The highest BCUT2D eigenvalue weighted by atomic mass is 16.6. The molecule has 0 atom stereocenters. The van der Waals surface area contributed by atoms with Crippen LogP contribution in [0.4, 0.5) is 5.69 Å². The van der Waals surface area contributed by atoms with E-state index >= 15 is 0 Å². The number of fused-ring (bicyclic) bond motifs is 3. The molecular weight excluding hydrogens is 358 g/mol. The first-order valence-corrected chi connectivity index (χ1v) is 8.69. The minimum Gasteiger partial charge on any atom is -0.493 e. The average molecular weight is 375 g/mol. The largest absolute Gasteiger partial charge is 0.493 e. The summed E-state index contributed by atoms with van der Waals surface area (Å²) in [5.74, 6) is -0.469. The standard InChI is InChI=1S/C22H17NO5/c1-27-19-11-17(18(23(25)26)12-20(19)28-2)22(24)21-15-9-5-3-7-13(15)14-8-4-6-10-16(14)21/h3-12,21H,1-2H3. The fourth-order valence-electron chi connectivity index (χ4n) is 3.81. The summed E-state index contributed by atoms with van der Waals surface area (Å²) in [4.78, 5) is 24.7. The first-order valence-electron chi connectivity index (χ1n) is 8.69. The summed E-state index contributed by atoms with van der Waals surface area (Å²) < 4.78 is 10.4. The molecule has 0 aliphatic heterocycles. The molecule has 3 aromatic rings. The van der Waals surface area contributed by atoms with Crippen molar-refractivity contribution in [3.63, 3.8) is 0 Å². The maximum absolute atomic E-state index is 13.6. The number of hydrogen-bond acceptors (Lipinski definition) is 5. The zero-order valence-electron chi connectivity index (χ0n) is 15.3. The number of hydrogen-bond donors (Lipinski definition) is 0. The third-order valence-electron chi connectivity index (χ3n) is 5.06. The molecule has 0 amide bonds. The van der Waals surface area contributed by atoms with Crippen LogP contribution in [0.25, 0.3) is 11.1 Å². The SMILES string of the molecule is COc1cc(C(=O)C2c3ccccc3-c3ccccc32)c([N+](=O)[O-])cc1OC. The topological polar surface area (TPSA) is 78.7 Å². The van der Waals surface area contributed by atoms with Gasteiger partial charge in [0.15, 0.2) is 17.3 Å². The van der Waals surface area contributed by atoms with Gasteiger partial charge in [-0.1, -0.05) is 48.5 Å². The highest BCUT2D eigenvalue weighted by Crippen LogP contribution is 2.47. The number of nitrogens with zero attached hydrogens (tertiary/aromatic N) is 1. The Morgan fingerprint density at radius 3 is 1.89 bits per heavy atom. The molecular formula is C22H17NO5. The van der Waals surface area contributed by atoms with E-state index in [1.807, 2.05) is 48.5 Å². The molecule has 6 nitrogen and oxygen atoms in total. The summed E-state index contributed by atoms with van der Waals surface area (Å²) in [6.07, 6.45) is 0. The quantitative estimate of drug-likeness (QED) is 0.370. The molecule has 0 saturated carbocycles. The lowest BCUT2D eigenvalue weighted by molar-refractivity contribution is -0.385. The monoisotopic (exact) mass is 375 g/mol. The van der Waals surface area contributed by atoms with Crippen molar-refractivity contribution in [3.05, 3.63) is 87.5 Å². The lowest BCUT2D eigenvalue weighted by Gasteiger charge is -2.15. The average Bonchev–Trinajstić information content (AvgIpc) is 3.06. The molecule has 0 heterocycles. The second-order valence-corrected chi connectivity index (χ2v) is 6.45. The number of carbonyl (C=O) groups is 1. The van der Waals surface area contributed by atoms with E-state index in [2.05, 4.69) is 0 Å². The van der Waals surface area contributed by atoms with Crippen molar-refractivity contribution in [2.45, 2.75) is 5.92 Å². The van der Waals surface area contributed by atoms with Crippen LogP contribution in [0, 0.1) is 10.1 Å². The number of benzene rings is 3. The molecule has 3 aromatic carbocycles. The van der Waals surface area contributed by atoms with Crippen LogP contribution in [0.2, 0.25) is 0 Å². The summed E-state index contributed by atoms with van der Waals surface area (Å²) in [7, 11) is 2.82. The summed E-state index contributed by atoms with van der Waals surface area (Å²) in [5, 5.41) is 11.7. The molecule has 140 valence electrons. The summed E-state index contributed by atoms with van der Waals surface area (Å²) in [6.45, 7) is 0. The third-order valence-corrected chi connectivity index (χ3v) is 5.06. The minimum atomic E-state index is -0.607. The van der Waals surface area contributed by atoms with Crippen molar-refractivity contribution < 1.29 is 19.2 Å². The van der Waals surface area contributed by atoms with Gasteiger partial charge in [-0.3, -0.25) is 14.9 Å². The molecule has 1 aliphatic rings. The van der Waals surface area contributed by atoms with Crippen molar-refractivity contribution in [2.75, 3.05) is 14.2 Å². The first-order chi connectivity index (χ1) is 13.6. The second kappa shape index (κ2) is 6.81. The van der Waals surface area contributed by atoms with E-state index in [4.69, 9.17) is 9.47 Å². The van der Waals surface area contributed by atoms with Gasteiger partial charge < -0.3 is 9.47 Å². The van der Waals surface area contributed by atoms with Crippen LogP contribution in [0.15, 0.2) is 60.7 Å². The normalized spacial score (nSPS) is 12.2. The van der Waals surface area contributed by atoms with Crippen molar-refractivity contribution >= 4 is 11.5 Å². The molecule has 4 rings (SSSR count). The zero-order valence-corrected chi connectivity index (χ0v) is 15.3. The minimum absolute atomic E-state index is 0.000781. The maximum atomic E-state index is 13.6. The van der Waals surface area contributed by atoms with Gasteiger partial charge >= 0.3 is 0 Å². The predicted octanol–water partition coefficient (Wildman–Crippen LogP) is 4.61. The van der Waals surface area contributed by atoms with Crippen LogP contribution >= 0.6 is 0 Å². The van der Waals surface area contributed by atoms with Gasteiger partial charge in [-0.25, -0.2) is 0 Å². The fraction of sp³-hybridized carbons (Fsp3) is 0.136. The number of nitro benzene ring substituents is 1. The molecule has 28 heavy (non-hydrogen) atoms. The Labute approximate surface area is 161 Å². The van der Waals surface area contributed by atoms with E-state index in [0.29, 0.717) is 0 Å². The Hall–Kier alpha value is -3.67. The van der Waals surface area contributed by atoms with Gasteiger partial charge in [-0.05, 0) is 22.3 Å². The van der Waals surface area contributed by atoms with E-state index < -0.39 is 10.8 Å². The molecule has 6 heteroatoms. The van der Waals surface area contributed by atoms with Crippen LogP contribution in [0.3, 0.4) is 0 Å². The number of nitro groups is 1. The Bertz CT molecular complexity index is 1060. The van der Waals surface area contributed by atoms with Crippen LogP contribution in [0.5, 0.6) is 11.5 Å². The summed E-state index contributed by atoms with van der Waals surface area (Å²) in [5.41, 5.74) is 3.33. The molecule has 0 bridgehead atoms. The van der Waals surface area contributed by atoms with Crippen molar-refractivity contribution in [3.8, 4) is 22.6 Å². The Kier molecular flexibility index (Phi) is 4.31. The highest BCUT2D eigenvalue weighted by molar-refractivity contribution is 6.09.